The highest BCUT2D eigenvalue weighted by molar-refractivity contribution is 7.10. The number of hydrogen-bond donors (Lipinski definition) is 1. The van der Waals surface area contributed by atoms with Crippen LogP contribution in [-0.4, -0.2) is 40.0 Å². The van der Waals surface area contributed by atoms with E-state index in [4.69, 9.17) is 11.6 Å². The Morgan fingerprint density at radius 3 is 2.81 bits per heavy atom. The summed E-state index contributed by atoms with van der Waals surface area (Å²) in [5.74, 6) is 0.0173. The molecule has 0 aliphatic rings. The van der Waals surface area contributed by atoms with Crippen molar-refractivity contribution in [3.05, 3.63) is 10.0 Å². The van der Waals surface area contributed by atoms with Gasteiger partial charge in [-0.05, 0) is 13.5 Å². The van der Waals surface area contributed by atoms with Gasteiger partial charge in [-0.3, -0.25) is 9.69 Å². The Labute approximate surface area is 104 Å². The molecular weight excluding hydrogens is 248 g/mol. The third kappa shape index (κ3) is 4.03. The molecule has 0 saturated carbocycles. The summed E-state index contributed by atoms with van der Waals surface area (Å²) in [5, 5.41) is 6.68. The zero-order valence-electron chi connectivity index (χ0n) is 9.36. The van der Waals surface area contributed by atoms with E-state index in [0.717, 1.165) is 23.8 Å². The SMILES string of the molecule is CCNC(=O)CN(CC)Cc1nnsc1Cl. The van der Waals surface area contributed by atoms with Crippen LogP contribution in [0, 0.1) is 0 Å². The Hall–Kier alpha value is -0.720. The van der Waals surface area contributed by atoms with E-state index in [0.29, 0.717) is 24.0 Å². The number of amides is 1. The third-order valence-corrected chi connectivity index (χ3v) is 3.06. The Morgan fingerprint density at radius 1 is 1.56 bits per heavy atom. The lowest BCUT2D eigenvalue weighted by atomic mass is 10.4. The summed E-state index contributed by atoms with van der Waals surface area (Å²) in [6.45, 7) is 6.23. The molecule has 0 aliphatic heterocycles. The first kappa shape index (κ1) is 13.3. The van der Waals surface area contributed by atoms with Crippen LogP contribution in [0.25, 0.3) is 0 Å². The van der Waals surface area contributed by atoms with E-state index in [2.05, 4.69) is 14.9 Å². The molecule has 0 aliphatic carbocycles. The molecule has 1 N–H and O–H groups in total. The maximum atomic E-state index is 11.4. The summed E-state index contributed by atoms with van der Waals surface area (Å²) >= 11 is 7.07. The van der Waals surface area contributed by atoms with Crippen LogP contribution in [0.2, 0.25) is 4.34 Å². The fraction of sp³-hybridized carbons (Fsp3) is 0.667. The number of nitrogens with one attached hydrogen (secondary N) is 1. The second-order valence-electron chi connectivity index (χ2n) is 3.25. The molecule has 1 aromatic heterocycles. The fourth-order valence-electron chi connectivity index (χ4n) is 1.24. The van der Waals surface area contributed by atoms with Crippen LogP contribution in [0.1, 0.15) is 19.5 Å². The summed E-state index contributed by atoms with van der Waals surface area (Å²) in [6, 6.07) is 0. The van der Waals surface area contributed by atoms with Gasteiger partial charge in [0, 0.05) is 24.6 Å². The zero-order chi connectivity index (χ0) is 12.0. The van der Waals surface area contributed by atoms with E-state index in [1.165, 1.54) is 0 Å². The molecular formula is C9H15ClN4OS. The van der Waals surface area contributed by atoms with Crippen molar-refractivity contribution >= 4 is 29.0 Å². The van der Waals surface area contributed by atoms with Crippen molar-refractivity contribution in [3.8, 4) is 0 Å². The number of carbonyl (C=O) groups is 1. The van der Waals surface area contributed by atoms with Gasteiger partial charge in [0.25, 0.3) is 0 Å². The van der Waals surface area contributed by atoms with Gasteiger partial charge in [-0.25, -0.2) is 0 Å². The highest BCUT2D eigenvalue weighted by Gasteiger charge is 2.13. The maximum Gasteiger partial charge on any atom is 0.234 e. The van der Waals surface area contributed by atoms with Gasteiger partial charge in [-0.1, -0.05) is 23.0 Å². The molecule has 5 nitrogen and oxygen atoms in total. The van der Waals surface area contributed by atoms with Crippen molar-refractivity contribution in [1.29, 1.82) is 0 Å². The molecule has 1 rings (SSSR count). The monoisotopic (exact) mass is 262 g/mol. The summed E-state index contributed by atoms with van der Waals surface area (Å²) in [7, 11) is 0. The van der Waals surface area contributed by atoms with E-state index in [1.807, 2.05) is 18.7 Å². The molecule has 0 unspecified atom stereocenters. The molecule has 0 saturated heterocycles. The first-order valence-electron chi connectivity index (χ1n) is 5.13. The van der Waals surface area contributed by atoms with E-state index in [9.17, 15) is 4.79 Å². The van der Waals surface area contributed by atoms with Crippen LogP contribution >= 0.6 is 23.1 Å². The van der Waals surface area contributed by atoms with Gasteiger partial charge in [0.15, 0.2) is 0 Å². The number of aromatic nitrogens is 2. The average Bonchev–Trinajstić information content (AvgIpc) is 2.64. The second kappa shape index (κ2) is 6.78. The van der Waals surface area contributed by atoms with Crippen molar-refractivity contribution in [2.24, 2.45) is 0 Å². The molecule has 0 spiro atoms. The smallest absolute Gasteiger partial charge is 0.234 e. The van der Waals surface area contributed by atoms with E-state index in [1.54, 1.807) is 0 Å². The second-order valence-corrected chi connectivity index (χ2v) is 4.61. The van der Waals surface area contributed by atoms with Crippen LogP contribution < -0.4 is 5.32 Å². The number of likely N-dealkylation sites (N-methyl/N-ethyl adjacent to an activating group) is 2. The number of nitrogens with zero attached hydrogens (tertiary/aromatic N) is 3. The largest absolute Gasteiger partial charge is 0.355 e. The van der Waals surface area contributed by atoms with Gasteiger partial charge < -0.3 is 5.32 Å². The van der Waals surface area contributed by atoms with Crippen molar-refractivity contribution < 1.29 is 4.79 Å². The minimum absolute atomic E-state index is 0.0173. The van der Waals surface area contributed by atoms with Gasteiger partial charge in [0.1, 0.15) is 10.0 Å². The summed E-state index contributed by atoms with van der Waals surface area (Å²) in [6.07, 6.45) is 0. The molecule has 1 aromatic rings. The molecule has 1 amide bonds. The van der Waals surface area contributed by atoms with Gasteiger partial charge in [-0.2, -0.15) is 0 Å². The Kier molecular flexibility index (Phi) is 5.65. The normalized spacial score (nSPS) is 10.8. The maximum absolute atomic E-state index is 11.4. The topological polar surface area (TPSA) is 58.1 Å². The minimum atomic E-state index is 0.0173. The van der Waals surface area contributed by atoms with E-state index >= 15 is 0 Å². The lowest BCUT2D eigenvalue weighted by molar-refractivity contribution is -0.122. The van der Waals surface area contributed by atoms with Crippen LogP contribution in [0.4, 0.5) is 0 Å². The molecule has 16 heavy (non-hydrogen) atoms. The number of carbonyl (C=O) groups excluding carboxylic acids is 1. The highest BCUT2D eigenvalue weighted by Crippen LogP contribution is 2.18. The molecule has 0 aromatic carbocycles. The number of rotatable bonds is 6. The summed E-state index contributed by atoms with van der Waals surface area (Å²) in [5.41, 5.74) is 0.734. The van der Waals surface area contributed by atoms with Gasteiger partial charge in [-0.15, -0.1) is 5.10 Å². The minimum Gasteiger partial charge on any atom is -0.355 e. The first-order chi connectivity index (χ1) is 7.67. The molecule has 0 fully saturated rings. The van der Waals surface area contributed by atoms with Gasteiger partial charge >= 0.3 is 0 Å². The lowest BCUT2D eigenvalue weighted by Gasteiger charge is -2.18. The van der Waals surface area contributed by atoms with Crippen LogP contribution in [0.15, 0.2) is 0 Å². The zero-order valence-corrected chi connectivity index (χ0v) is 10.9. The molecule has 0 bridgehead atoms. The standard InChI is InChI=1S/C9H15ClN4OS/c1-3-11-8(15)6-14(4-2)5-7-9(10)16-13-12-7/h3-6H2,1-2H3,(H,11,15). The lowest BCUT2D eigenvalue weighted by Crippen LogP contribution is -2.36. The van der Waals surface area contributed by atoms with Crippen molar-refractivity contribution in [1.82, 2.24) is 19.8 Å². The van der Waals surface area contributed by atoms with Crippen LogP contribution in [0.3, 0.4) is 0 Å². The predicted molar refractivity (Wildman–Crippen MR) is 64.6 cm³/mol. The van der Waals surface area contributed by atoms with Crippen LogP contribution in [-0.2, 0) is 11.3 Å². The summed E-state index contributed by atoms with van der Waals surface area (Å²) < 4.78 is 4.35. The van der Waals surface area contributed by atoms with Crippen molar-refractivity contribution in [2.75, 3.05) is 19.6 Å². The van der Waals surface area contributed by atoms with E-state index in [-0.39, 0.29) is 5.91 Å². The molecule has 0 atom stereocenters. The quantitative estimate of drug-likeness (QED) is 0.836. The third-order valence-electron chi connectivity index (χ3n) is 2.07. The Bertz CT molecular complexity index is 344. The number of halogens is 1. The first-order valence-corrected chi connectivity index (χ1v) is 6.28. The Morgan fingerprint density at radius 2 is 2.31 bits per heavy atom. The average molecular weight is 263 g/mol. The highest BCUT2D eigenvalue weighted by atomic mass is 35.5. The molecule has 90 valence electrons. The molecule has 0 radical (unpaired) electrons. The predicted octanol–water partition coefficient (Wildman–Crippen LogP) is 1.15. The van der Waals surface area contributed by atoms with E-state index < -0.39 is 0 Å². The van der Waals surface area contributed by atoms with Crippen molar-refractivity contribution in [3.63, 3.8) is 0 Å². The van der Waals surface area contributed by atoms with Crippen molar-refractivity contribution in [2.45, 2.75) is 20.4 Å². The molecule has 1 heterocycles. The van der Waals surface area contributed by atoms with Gasteiger partial charge in [0.2, 0.25) is 5.91 Å². The fourth-order valence-corrected chi connectivity index (χ4v) is 1.85. The van der Waals surface area contributed by atoms with Gasteiger partial charge in [0.05, 0.1) is 6.54 Å². The Balaban J connectivity index is 2.49. The molecule has 7 heteroatoms. The number of hydrogen-bond acceptors (Lipinski definition) is 5. The summed E-state index contributed by atoms with van der Waals surface area (Å²) in [4.78, 5) is 13.4. The van der Waals surface area contributed by atoms with Crippen LogP contribution in [0.5, 0.6) is 0 Å².